The molecule has 172 valence electrons. The molecule has 0 saturated carbocycles. The van der Waals surface area contributed by atoms with E-state index in [9.17, 15) is 14.0 Å². The molecule has 0 spiro atoms. The Kier molecular flexibility index (Phi) is 6.67. The van der Waals surface area contributed by atoms with Crippen molar-refractivity contribution >= 4 is 35.2 Å². The Balaban J connectivity index is 0.00000245. The minimum atomic E-state index is -0.324. The van der Waals surface area contributed by atoms with Crippen LogP contribution < -0.4 is 0 Å². The predicted octanol–water partition coefficient (Wildman–Crippen LogP) is 4.44. The quantitative estimate of drug-likeness (QED) is 0.616. The van der Waals surface area contributed by atoms with E-state index < -0.39 is 0 Å². The number of allylic oxidation sites excluding steroid dienone is 1. The van der Waals surface area contributed by atoms with Gasteiger partial charge in [-0.05, 0) is 57.3 Å². The van der Waals surface area contributed by atoms with Crippen LogP contribution in [0.1, 0.15) is 57.1 Å². The first kappa shape index (κ1) is 22.9. The second kappa shape index (κ2) is 9.32. The summed E-state index contributed by atoms with van der Waals surface area (Å²) in [6.45, 7) is 4.30. The highest BCUT2D eigenvalue weighted by Crippen LogP contribution is 2.40. The van der Waals surface area contributed by atoms with Gasteiger partial charge in [0, 0.05) is 35.5 Å². The fourth-order valence-electron chi connectivity index (χ4n) is 5.50. The number of unbranched alkanes of at least 4 members (excludes halogenated alkanes) is 1. The number of hydrogen-bond acceptors (Lipinski definition) is 5. The van der Waals surface area contributed by atoms with Gasteiger partial charge in [0.15, 0.2) is 5.58 Å². The standard InChI is InChI=1S/C24H28FN3O3.ClH/c1-2-3-11-28-23(29)18-5-4-6-19(21(18)24(28)30)27-12-9-15(10-13-27)22-17-8-7-16(25)14-20(17)31-26-22;/h5,7-8,14-15,19,21H,2-4,6,9-13H2,1H3;1H. The summed E-state index contributed by atoms with van der Waals surface area (Å²) in [6.07, 6.45) is 7.36. The summed E-state index contributed by atoms with van der Waals surface area (Å²) in [4.78, 5) is 29.8. The minimum absolute atomic E-state index is 0. The van der Waals surface area contributed by atoms with Crippen molar-refractivity contribution in [3.63, 3.8) is 0 Å². The molecule has 2 amide bonds. The molecule has 3 heterocycles. The molecule has 32 heavy (non-hydrogen) atoms. The zero-order chi connectivity index (χ0) is 21.5. The van der Waals surface area contributed by atoms with E-state index in [1.807, 2.05) is 6.08 Å². The summed E-state index contributed by atoms with van der Waals surface area (Å²) in [7, 11) is 0. The number of carbonyl (C=O) groups excluding carboxylic acids is 2. The molecule has 1 aliphatic carbocycles. The number of likely N-dealkylation sites (tertiary alicyclic amines) is 2. The molecule has 1 aromatic heterocycles. The van der Waals surface area contributed by atoms with Gasteiger partial charge in [-0.2, -0.15) is 0 Å². The van der Waals surface area contributed by atoms with Gasteiger partial charge in [0.05, 0.1) is 11.6 Å². The summed E-state index contributed by atoms with van der Waals surface area (Å²) in [5, 5.41) is 5.12. The van der Waals surface area contributed by atoms with Crippen molar-refractivity contribution in [1.29, 1.82) is 0 Å². The lowest BCUT2D eigenvalue weighted by molar-refractivity contribution is -0.140. The van der Waals surface area contributed by atoms with Crippen LogP contribution in [0.5, 0.6) is 0 Å². The first-order valence-electron chi connectivity index (χ1n) is 11.4. The maximum atomic E-state index is 13.5. The molecule has 0 radical (unpaired) electrons. The van der Waals surface area contributed by atoms with Crippen molar-refractivity contribution in [2.45, 2.75) is 57.4 Å². The van der Waals surface area contributed by atoms with Crippen LogP contribution in [0.4, 0.5) is 4.39 Å². The molecule has 2 saturated heterocycles. The van der Waals surface area contributed by atoms with E-state index in [-0.39, 0.29) is 47.9 Å². The summed E-state index contributed by atoms with van der Waals surface area (Å²) in [5.74, 6) is -0.477. The van der Waals surface area contributed by atoms with Crippen LogP contribution in [-0.2, 0) is 9.59 Å². The second-order valence-corrected chi connectivity index (χ2v) is 8.95. The molecular weight excluding hydrogens is 433 g/mol. The van der Waals surface area contributed by atoms with Crippen LogP contribution in [0.15, 0.2) is 34.4 Å². The van der Waals surface area contributed by atoms with Crippen molar-refractivity contribution < 1.29 is 18.5 Å². The fraction of sp³-hybridized carbons (Fsp3) is 0.542. The third-order valence-corrected chi connectivity index (χ3v) is 7.15. The number of benzene rings is 1. The summed E-state index contributed by atoms with van der Waals surface area (Å²) < 4.78 is 18.8. The zero-order valence-electron chi connectivity index (χ0n) is 18.3. The molecule has 2 unspecified atom stereocenters. The van der Waals surface area contributed by atoms with Crippen LogP contribution in [0.3, 0.4) is 0 Å². The molecule has 3 aliphatic rings. The summed E-state index contributed by atoms with van der Waals surface area (Å²) in [5.41, 5.74) is 2.10. The monoisotopic (exact) mass is 461 g/mol. The van der Waals surface area contributed by atoms with Crippen LogP contribution in [0.25, 0.3) is 11.0 Å². The average molecular weight is 462 g/mol. The third-order valence-electron chi connectivity index (χ3n) is 7.15. The lowest BCUT2D eigenvalue weighted by Gasteiger charge is -2.40. The Morgan fingerprint density at radius 3 is 2.72 bits per heavy atom. The Morgan fingerprint density at radius 2 is 1.97 bits per heavy atom. The first-order chi connectivity index (χ1) is 15.1. The number of nitrogens with zero attached hydrogens (tertiary/aromatic N) is 3. The fourth-order valence-corrected chi connectivity index (χ4v) is 5.50. The van der Waals surface area contributed by atoms with Gasteiger partial charge >= 0.3 is 0 Å². The number of piperidine rings is 1. The van der Waals surface area contributed by atoms with E-state index in [4.69, 9.17) is 4.52 Å². The van der Waals surface area contributed by atoms with E-state index in [2.05, 4.69) is 17.0 Å². The number of rotatable bonds is 5. The lowest BCUT2D eigenvalue weighted by atomic mass is 9.82. The van der Waals surface area contributed by atoms with Gasteiger partial charge in [0.25, 0.3) is 5.91 Å². The highest BCUT2D eigenvalue weighted by Gasteiger charge is 2.49. The Labute approximate surface area is 193 Å². The van der Waals surface area contributed by atoms with Crippen molar-refractivity contribution in [2.24, 2.45) is 5.92 Å². The van der Waals surface area contributed by atoms with Gasteiger partial charge in [-0.1, -0.05) is 24.6 Å². The van der Waals surface area contributed by atoms with E-state index in [1.54, 1.807) is 6.07 Å². The van der Waals surface area contributed by atoms with Gasteiger partial charge in [0.1, 0.15) is 5.82 Å². The summed E-state index contributed by atoms with van der Waals surface area (Å²) >= 11 is 0. The molecule has 0 N–H and O–H groups in total. The lowest BCUT2D eigenvalue weighted by Crippen LogP contribution is -2.48. The maximum absolute atomic E-state index is 13.5. The number of hydrogen-bond donors (Lipinski definition) is 0. The SMILES string of the molecule is CCCCN1C(=O)C2=CCCC(N3CCC(c4noc5cc(F)ccc45)CC3)C2C1=O.Cl. The van der Waals surface area contributed by atoms with Crippen molar-refractivity contribution in [3.05, 3.63) is 41.4 Å². The number of amides is 2. The minimum Gasteiger partial charge on any atom is -0.356 e. The molecule has 2 aliphatic heterocycles. The van der Waals surface area contributed by atoms with Crippen molar-refractivity contribution in [3.8, 4) is 0 Å². The first-order valence-corrected chi connectivity index (χ1v) is 11.4. The molecule has 2 fully saturated rings. The van der Waals surface area contributed by atoms with Gasteiger partial charge < -0.3 is 4.52 Å². The van der Waals surface area contributed by atoms with Gasteiger partial charge in [-0.25, -0.2) is 4.39 Å². The smallest absolute Gasteiger partial charge is 0.256 e. The van der Waals surface area contributed by atoms with Crippen LogP contribution >= 0.6 is 12.4 Å². The van der Waals surface area contributed by atoms with E-state index in [1.165, 1.54) is 17.0 Å². The Bertz CT molecular complexity index is 1040. The van der Waals surface area contributed by atoms with Crippen molar-refractivity contribution in [1.82, 2.24) is 15.0 Å². The highest BCUT2D eigenvalue weighted by molar-refractivity contribution is 6.15. The van der Waals surface area contributed by atoms with Crippen molar-refractivity contribution in [2.75, 3.05) is 19.6 Å². The topological polar surface area (TPSA) is 66.7 Å². The van der Waals surface area contributed by atoms with E-state index in [0.717, 1.165) is 62.7 Å². The largest absolute Gasteiger partial charge is 0.356 e. The van der Waals surface area contributed by atoms with Crippen LogP contribution in [0, 0.1) is 11.7 Å². The molecule has 8 heteroatoms. The van der Waals surface area contributed by atoms with Gasteiger partial charge in [-0.3, -0.25) is 19.4 Å². The highest BCUT2D eigenvalue weighted by atomic mass is 35.5. The number of aromatic nitrogens is 1. The second-order valence-electron chi connectivity index (χ2n) is 8.95. The summed E-state index contributed by atoms with van der Waals surface area (Å²) in [6, 6.07) is 4.66. The third kappa shape index (κ3) is 3.86. The van der Waals surface area contributed by atoms with E-state index in [0.29, 0.717) is 17.7 Å². The molecule has 0 bridgehead atoms. The Morgan fingerprint density at radius 1 is 1.19 bits per heavy atom. The van der Waals surface area contributed by atoms with Gasteiger partial charge in [0.2, 0.25) is 5.91 Å². The molecule has 2 aromatic rings. The molecule has 5 rings (SSSR count). The molecule has 1 aromatic carbocycles. The normalized spacial score (nSPS) is 24.6. The number of halogens is 2. The van der Waals surface area contributed by atoms with Gasteiger partial charge in [-0.15, -0.1) is 12.4 Å². The predicted molar refractivity (Wildman–Crippen MR) is 121 cm³/mol. The number of carbonyl (C=O) groups is 2. The Hall–Kier alpha value is -2.25. The van der Waals surface area contributed by atoms with Crippen LogP contribution in [-0.4, -0.2) is 52.4 Å². The van der Waals surface area contributed by atoms with E-state index >= 15 is 0 Å². The zero-order valence-corrected chi connectivity index (χ0v) is 19.1. The molecular formula is C24H29ClFN3O3. The molecule has 6 nitrogen and oxygen atoms in total. The average Bonchev–Trinajstić information content (AvgIpc) is 3.31. The number of fused-ring (bicyclic) bond motifs is 2. The molecule has 2 atom stereocenters. The maximum Gasteiger partial charge on any atom is 0.256 e. The number of imide groups is 1. The van der Waals surface area contributed by atoms with Crippen LogP contribution in [0.2, 0.25) is 0 Å².